The number of rotatable bonds is 10. The van der Waals surface area contributed by atoms with Crippen molar-refractivity contribution in [3.63, 3.8) is 0 Å². The van der Waals surface area contributed by atoms with Crippen molar-refractivity contribution in [2.75, 3.05) is 45.7 Å². The fraction of sp³-hybridized carbons (Fsp3) is 0.611. The molecule has 2 N–H and O–H groups in total. The molecule has 0 saturated carbocycles. The van der Waals surface area contributed by atoms with Gasteiger partial charge in [0.1, 0.15) is 11.6 Å². The lowest BCUT2D eigenvalue weighted by atomic mass is 10.0. The smallest absolute Gasteiger partial charge is 0.191 e. The molecule has 0 amide bonds. The van der Waals surface area contributed by atoms with Crippen LogP contribution in [0.15, 0.2) is 23.2 Å². The molecule has 0 heterocycles. The van der Waals surface area contributed by atoms with Crippen molar-refractivity contribution in [2.24, 2.45) is 4.99 Å². The first kappa shape index (κ1) is 25.4. The lowest BCUT2D eigenvalue weighted by molar-refractivity contribution is 0.290. The first-order chi connectivity index (χ1) is 12.0. The number of halogens is 3. The van der Waals surface area contributed by atoms with Crippen LogP contribution in [0.5, 0.6) is 0 Å². The van der Waals surface area contributed by atoms with Gasteiger partial charge in [-0.2, -0.15) is 11.8 Å². The zero-order valence-electron chi connectivity index (χ0n) is 16.0. The van der Waals surface area contributed by atoms with Crippen molar-refractivity contribution < 1.29 is 8.78 Å². The highest BCUT2D eigenvalue weighted by Gasteiger charge is 2.22. The number of nitrogens with zero attached hydrogens (tertiary/aromatic N) is 2. The van der Waals surface area contributed by atoms with Gasteiger partial charge in [-0.15, -0.1) is 24.0 Å². The Balaban J connectivity index is 0.00000625. The van der Waals surface area contributed by atoms with E-state index in [9.17, 15) is 8.78 Å². The molecule has 1 aromatic carbocycles. The fourth-order valence-corrected chi connectivity index (χ4v) is 2.93. The molecule has 150 valence electrons. The van der Waals surface area contributed by atoms with Crippen molar-refractivity contribution in [3.8, 4) is 0 Å². The van der Waals surface area contributed by atoms with Crippen LogP contribution in [-0.4, -0.2) is 56.6 Å². The Bertz CT molecular complexity index is 524. The minimum Gasteiger partial charge on any atom is -0.357 e. The molecule has 0 fully saturated rings. The number of hydrogen-bond donors (Lipinski definition) is 2. The third kappa shape index (κ3) is 8.85. The van der Waals surface area contributed by atoms with Gasteiger partial charge in [0.15, 0.2) is 5.96 Å². The summed E-state index contributed by atoms with van der Waals surface area (Å²) in [5.41, 5.74) is 0.0621. The lowest BCUT2D eigenvalue weighted by Gasteiger charge is -2.24. The van der Waals surface area contributed by atoms with Gasteiger partial charge in [-0.1, -0.05) is 6.07 Å². The van der Waals surface area contributed by atoms with Crippen LogP contribution >= 0.6 is 35.7 Å². The first-order valence-corrected chi connectivity index (χ1v) is 10.0. The minimum absolute atomic E-state index is 0. The Labute approximate surface area is 177 Å². The summed E-state index contributed by atoms with van der Waals surface area (Å²) in [6, 6.07) is 3.49. The van der Waals surface area contributed by atoms with E-state index >= 15 is 0 Å². The number of thioether (sulfide) groups is 1. The summed E-state index contributed by atoms with van der Waals surface area (Å²) >= 11 is 1.84. The second-order valence-corrected chi connectivity index (χ2v) is 6.95. The van der Waals surface area contributed by atoms with Gasteiger partial charge in [0.05, 0.1) is 12.6 Å². The quantitative estimate of drug-likeness (QED) is 0.222. The first-order valence-electron chi connectivity index (χ1n) is 8.62. The van der Waals surface area contributed by atoms with Crippen molar-refractivity contribution in [1.29, 1.82) is 0 Å². The zero-order chi connectivity index (χ0) is 18.7. The summed E-state index contributed by atoms with van der Waals surface area (Å²) in [6.45, 7) is 3.82. The maximum Gasteiger partial charge on any atom is 0.191 e. The molecule has 0 spiro atoms. The van der Waals surface area contributed by atoms with Crippen LogP contribution in [0.3, 0.4) is 0 Å². The van der Waals surface area contributed by atoms with Crippen molar-refractivity contribution in [1.82, 2.24) is 15.5 Å². The molecule has 8 heteroatoms. The van der Waals surface area contributed by atoms with E-state index in [2.05, 4.69) is 21.9 Å². The third-order valence-electron chi connectivity index (χ3n) is 3.79. The van der Waals surface area contributed by atoms with Gasteiger partial charge in [0, 0.05) is 18.7 Å². The normalized spacial score (nSPS) is 12.7. The summed E-state index contributed by atoms with van der Waals surface area (Å²) in [5.74, 6) is 0.744. The Morgan fingerprint density at radius 1 is 1.19 bits per heavy atom. The molecule has 26 heavy (non-hydrogen) atoms. The summed E-state index contributed by atoms with van der Waals surface area (Å²) < 4.78 is 28.2. The fourth-order valence-electron chi connectivity index (χ4n) is 2.44. The minimum atomic E-state index is -0.538. The maximum absolute atomic E-state index is 14.1. The van der Waals surface area contributed by atoms with E-state index in [-0.39, 0.29) is 36.1 Å². The highest BCUT2D eigenvalue weighted by Crippen LogP contribution is 2.24. The number of hydrogen-bond acceptors (Lipinski definition) is 3. The standard InChI is InChI=1S/C18H30F2N4S.HI/c1-5-21-18(22-11-6-7-12-25-4)23-13-16(24(2)3)17-14(19)9-8-10-15(17)20;/h8-10,16H,5-7,11-13H2,1-4H3,(H2,21,22,23);1H. The second-order valence-electron chi connectivity index (χ2n) is 5.96. The molecule has 0 aliphatic heterocycles. The summed E-state index contributed by atoms with van der Waals surface area (Å²) in [5, 5.41) is 6.45. The van der Waals surface area contributed by atoms with E-state index in [4.69, 9.17) is 0 Å². The van der Waals surface area contributed by atoms with Crippen LogP contribution in [0.2, 0.25) is 0 Å². The monoisotopic (exact) mass is 500 g/mol. The molecule has 0 aromatic heterocycles. The summed E-state index contributed by atoms with van der Waals surface area (Å²) in [4.78, 5) is 6.31. The highest BCUT2D eigenvalue weighted by atomic mass is 127. The number of benzene rings is 1. The topological polar surface area (TPSA) is 39.7 Å². The van der Waals surface area contributed by atoms with E-state index < -0.39 is 17.7 Å². The molecular formula is C18H31F2IN4S. The van der Waals surface area contributed by atoms with Crippen molar-refractivity contribution in [3.05, 3.63) is 35.4 Å². The van der Waals surface area contributed by atoms with Gasteiger partial charge in [0.25, 0.3) is 0 Å². The zero-order valence-corrected chi connectivity index (χ0v) is 19.2. The molecular weight excluding hydrogens is 469 g/mol. The Morgan fingerprint density at radius 2 is 1.85 bits per heavy atom. The van der Waals surface area contributed by atoms with Gasteiger partial charge in [-0.25, -0.2) is 8.78 Å². The molecule has 1 unspecified atom stereocenters. The number of aliphatic imine (C=N–C) groups is 1. The van der Waals surface area contributed by atoms with Gasteiger partial charge in [-0.3, -0.25) is 4.99 Å². The van der Waals surface area contributed by atoms with Crippen LogP contribution < -0.4 is 10.6 Å². The maximum atomic E-state index is 14.1. The average Bonchev–Trinajstić information content (AvgIpc) is 2.56. The molecule has 0 aliphatic carbocycles. The molecule has 0 aliphatic rings. The molecule has 1 atom stereocenters. The van der Waals surface area contributed by atoms with Crippen LogP contribution in [0.1, 0.15) is 31.4 Å². The molecule has 4 nitrogen and oxygen atoms in total. The van der Waals surface area contributed by atoms with E-state index in [1.807, 2.05) is 18.7 Å². The number of guanidine groups is 1. The summed E-state index contributed by atoms with van der Waals surface area (Å²) in [7, 11) is 3.60. The number of unbranched alkanes of at least 4 members (excludes halogenated alkanes) is 1. The molecule has 0 saturated heterocycles. The predicted molar refractivity (Wildman–Crippen MR) is 120 cm³/mol. The van der Waals surface area contributed by atoms with Gasteiger partial charge in [-0.05, 0) is 58.0 Å². The Hall–Kier alpha value is -0.610. The average molecular weight is 500 g/mol. The van der Waals surface area contributed by atoms with Crippen LogP contribution in [0.25, 0.3) is 0 Å². The van der Waals surface area contributed by atoms with E-state index in [0.717, 1.165) is 31.7 Å². The Morgan fingerprint density at radius 3 is 2.38 bits per heavy atom. The SMILES string of the molecule is CCNC(=NCC(c1c(F)cccc1F)N(C)C)NCCCCSC.I. The predicted octanol–water partition coefficient (Wildman–Crippen LogP) is 3.88. The van der Waals surface area contributed by atoms with E-state index in [0.29, 0.717) is 5.96 Å². The molecule has 0 bridgehead atoms. The Kier molecular flexibility index (Phi) is 14.1. The third-order valence-corrected chi connectivity index (χ3v) is 4.49. The second kappa shape index (κ2) is 14.4. The van der Waals surface area contributed by atoms with Crippen molar-refractivity contribution in [2.45, 2.75) is 25.8 Å². The molecule has 1 rings (SSSR count). The van der Waals surface area contributed by atoms with E-state index in [1.54, 1.807) is 19.0 Å². The van der Waals surface area contributed by atoms with Gasteiger partial charge in [0.2, 0.25) is 0 Å². The van der Waals surface area contributed by atoms with Crippen molar-refractivity contribution >= 4 is 41.7 Å². The highest BCUT2D eigenvalue weighted by molar-refractivity contribution is 14.0. The van der Waals surface area contributed by atoms with Crippen LogP contribution in [-0.2, 0) is 0 Å². The van der Waals surface area contributed by atoms with Crippen LogP contribution in [0, 0.1) is 11.6 Å². The van der Waals surface area contributed by atoms with E-state index in [1.165, 1.54) is 18.2 Å². The number of likely N-dealkylation sites (N-methyl/N-ethyl adjacent to an activating group) is 1. The number of nitrogens with one attached hydrogen (secondary N) is 2. The van der Waals surface area contributed by atoms with Crippen LogP contribution in [0.4, 0.5) is 8.78 Å². The lowest BCUT2D eigenvalue weighted by Crippen LogP contribution is -2.38. The largest absolute Gasteiger partial charge is 0.357 e. The molecule has 1 aromatic rings. The van der Waals surface area contributed by atoms with Gasteiger partial charge < -0.3 is 15.5 Å². The van der Waals surface area contributed by atoms with Gasteiger partial charge >= 0.3 is 0 Å². The molecule has 0 radical (unpaired) electrons. The summed E-state index contributed by atoms with van der Waals surface area (Å²) in [6.07, 6.45) is 4.31.